The van der Waals surface area contributed by atoms with Crippen LogP contribution in [0.5, 0.6) is 0 Å². The fourth-order valence-corrected chi connectivity index (χ4v) is 2.39. The maximum absolute atomic E-state index is 12.4. The zero-order valence-corrected chi connectivity index (χ0v) is 12.3. The summed E-state index contributed by atoms with van der Waals surface area (Å²) < 4.78 is 1.40. The minimum Gasteiger partial charge on any atom is -0.480 e. The van der Waals surface area contributed by atoms with Crippen molar-refractivity contribution in [3.63, 3.8) is 0 Å². The molecule has 1 aliphatic rings. The molecule has 1 aromatic carbocycles. The third kappa shape index (κ3) is 2.94. The van der Waals surface area contributed by atoms with Gasteiger partial charge in [0.1, 0.15) is 6.54 Å². The first-order valence-corrected chi connectivity index (χ1v) is 7.14. The molecule has 1 heterocycles. The van der Waals surface area contributed by atoms with E-state index in [1.807, 2.05) is 0 Å². The third-order valence-corrected chi connectivity index (χ3v) is 3.69. The summed E-state index contributed by atoms with van der Waals surface area (Å²) >= 11 is 6.08. The smallest absolute Gasteiger partial charge is 0.323 e. The first kappa shape index (κ1) is 14.5. The van der Waals surface area contributed by atoms with E-state index in [-0.39, 0.29) is 18.3 Å². The summed E-state index contributed by atoms with van der Waals surface area (Å²) in [5, 5.41) is 17.1. The second-order valence-corrected chi connectivity index (χ2v) is 5.46. The van der Waals surface area contributed by atoms with Gasteiger partial charge in [-0.25, -0.2) is 4.68 Å². The van der Waals surface area contributed by atoms with Crippen molar-refractivity contribution in [3.8, 4) is 5.69 Å². The summed E-state index contributed by atoms with van der Waals surface area (Å²) in [6, 6.07) is 7.03. The Hall–Kier alpha value is -2.41. The van der Waals surface area contributed by atoms with E-state index in [9.17, 15) is 9.59 Å². The lowest BCUT2D eigenvalue weighted by Crippen LogP contribution is -2.37. The first-order chi connectivity index (χ1) is 10.6. The third-order valence-electron chi connectivity index (χ3n) is 3.37. The van der Waals surface area contributed by atoms with Gasteiger partial charge in [-0.05, 0) is 25.0 Å². The van der Waals surface area contributed by atoms with E-state index in [1.54, 1.807) is 24.3 Å². The lowest BCUT2D eigenvalue weighted by molar-refractivity contribution is -0.137. The van der Waals surface area contributed by atoms with Crippen molar-refractivity contribution < 1.29 is 14.7 Å². The Labute approximate surface area is 131 Å². The topological polar surface area (TPSA) is 88.3 Å². The van der Waals surface area contributed by atoms with Crippen LogP contribution in [0.3, 0.4) is 0 Å². The SMILES string of the molecule is O=C(O)CN(C(=O)c1cn(-c2ccccc2Cl)nn1)C1CC1. The summed E-state index contributed by atoms with van der Waals surface area (Å²) in [5.74, 6) is -1.47. The van der Waals surface area contributed by atoms with E-state index in [2.05, 4.69) is 10.3 Å². The van der Waals surface area contributed by atoms with Gasteiger partial charge in [0.05, 0.1) is 16.9 Å². The second-order valence-electron chi connectivity index (χ2n) is 5.06. The molecule has 114 valence electrons. The van der Waals surface area contributed by atoms with Crippen LogP contribution in [0.4, 0.5) is 0 Å². The number of carboxylic acid groups (broad SMARTS) is 1. The maximum atomic E-state index is 12.4. The van der Waals surface area contributed by atoms with Gasteiger partial charge < -0.3 is 10.0 Å². The van der Waals surface area contributed by atoms with Crippen molar-refractivity contribution >= 4 is 23.5 Å². The highest BCUT2D eigenvalue weighted by atomic mass is 35.5. The van der Waals surface area contributed by atoms with Gasteiger partial charge >= 0.3 is 5.97 Å². The largest absolute Gasteiger partial charge is 0.480 e. The van der Waals surface area contributed by atoms with Gasteiger partial charge in [-0.2, -0.15) is 0 Å². The number of carboxylic acids is 1. The molecule has 8 heteroatoms. The monoisotopic (exact) mass is 320 g/mol. The Morgan fingerprint density at radius 2 is 2.09 bits per heavy atom. The summed E-state index contributed by atoms with van der Waals surface area (Å²) in [5.41, 5.74) is 0.708. The molecule has 1 aliphatic carbocycles. The van der Waals surface area contributed by atoms with E-state index in [0.717, 1.165) is 12.8 Å². The maximum Gasteiger partial charge on any atom is 0.323 e. The number of carbonyl (C=O) groups is 2. The summed E-state index contributed by atoms with van der Waals surface area (Å²) in [7, 11) is 0. The fourth-order valence-electron chi connectivity index (χ4n) is 2.16. The number of hydrogen-bond donors (Lipinski definition) is 1. The van der Waals surface area contributed by atoms with Crippen molar-refractivity contribution in [3.05, 3.63) is 41.2 Å². The molecule has 0 saturated heterocycles. The number of halogens is 1. The van der Waals surface area contributed by atoms with Gasteiger partial charge in [0, 0.05) is 6.04 Å². The number of hydrogen-bond acceptors (Lipinski definition) is 4. The normalized spacial score (nSPS) is 13.9. The van der Waals surface area contributed by atoms with E-state index in [1.165, 1.54) is 15.8 Å². The Bertz CT molecular complexity index is 726. The number of nitrogens with zero attached hydrogens (tertiary/aromatic N) is 4. The molecule has 1 N–H and O–H groups in total. The highest BCUT2D eigenvalue weighted by Crippen LogP contribution is 2.28. The van der Waals surface area contributed by atoms with Crippen molar-refractivity contribution in [2.75, 3.05) is 6.54 Å². The van der Waals surface area contributed by atoms with Gasteiger partial charge in [-0.15, -0.1) is 5.10 Å². The standard InChI is InChI=1S/C14H13ClN4O3/c15-10-3-1-2-4-12(10)19-7-11(16-17-19)14(22)18(8-13(20)21)9-5-6-9/h1-4,7,9H,5-6,8H2,(H,20,21). The number of amides is 1. The molecule has 1 fully saturated rings. The molecule has 0 unspecified atom stereocenters. The molecule has 1 aromatic heterocycles. The molecule has 0 atom stereocenters. The van der Waals surface area contributed by atoms with Crippen LogP contribution in [-0.2, 0) is 4.79 Å². The Kier molecular flexibility index (Phi) is 3.81. The zero-order chi connectivity index (χ0) is 15.7. The average Bonchev–Trinajstić information content (AvgIpc) is 3.21. The molecule has 0 bridgehead atoms. The van der Waals surface area contributed by atoms with E-state index < -0.39 is 11.9 Å². The Morgan fingerprint density at radius 1 is 1.36 bits per heavy atom. The predicted molar refractivity (Wildman–Crippen MR) is 78.1 cm³/mol. The number of rotatable bonds is 5. The minimum absolute atomic E-state index is 0.0194. The first-order valence-electron chi connectivity index (χ1n) is 6.76. The van der Waals surface area contributed by atoms with Crippen LogP contribution >= 0.6 is 11.6 Å². The van der Waals surface area contributed by atoms with Crippen molar-refractivity contribution in [2.45, 2.75) is 18.9 Å². The number of benzene rings is 1. The Balaban J connectivity index is 1.85. The summed E-state index contributed by atoms with van der Waals surface area (Å²) in [4.78, 5) is 24.6. The number of para-hydroxylation sites is 1. The molecule has 7 nitrogen and oxygen atoms in total. The van der Waals surface area contributed by atoms with Crippen LogP contribution in [0, 0.1) is 0 Å². The van der Waals surface area contributed by atoms with Gasteiger partial charge in [0.2, 0.25) is 0 Å². The quantitative estimate of drug-likeness (QED) is 0.904. The van der Waals surface area contributed by atoms with Gasteiger partial charge in [0.15, 0.2) is 5.69 Å². The van der Waals surface area contributed by atoms with Gasteiger partial charge in [-0.3, -0.25) is 9.59 Å². The van der Waals surface area contributed by atoms with Gasteiger partial charge in [-0.1, -0.05) is 28.9 Å². The molecule has 2 aromatic rings. The minimum atomic E-state index is -1.04. The molecule has 22 heavy (non-hydrogen) atoms. The molecule has 0 radical (unpaired) electrons. The van der Waals surface area contributed by atoms with E-state index in [4.69, 9.17) is 16.7 Å². The lowest BCUT2D eigenvalue weighted by Gasteiger charge is -2.18. The van der Waals surface area contributed by atoms with Crippen molar-refractivity contribution in [1.29, 1.82) is 0 Å². The molecular formula is C14H13ClN4O3. The Morgan fingerprint density at radius 3 is 2.73 bits per heavy atom. The van der Waals surface area contributed by atoms with Crippen molar-refractivity contribution in [1.82, 2.24) is 19.9 Å². The van der Waals surface area contributed by atoms with Crippen LogP contribution in [-0.4, -0.2) is 49.5 Å². The molecular weight excluding hydrogens is 308 g/mol. The highest BCUT2D eigenvalue weighted by Gasteiger charge is 2.35. The number of carbonyl (C=O) groups excluding carboxylic acids is 1. The van der Waals surface area contributed by atoms with Crippen LogP contribution < -0.4 is 0 Å². The second kappa shape index (κ2) is 5.76. The van der Waals surface area contributed by atoms with Crippen LogP contribution in [0.15, 0.2) is 30.5 Å². The summed E-state index contributed by atoms with van der Waals surface area (Å²) in [6.07, 6.45) is 3.09. The van der Waals surface area contributed by atoms with Crippen LogP contribution in [0.2, 0.25) is 5.02 Å². The lowest BCUT2D eigenvalue weighted by atomic mass is 10.3. The van der Waals surface area contributed by atoms with Crippen LogP contribution in [0.1, 0.15) is 23.3 Å². The predicted octanol–water partition coefficient (Wildman–Crippen LogP) is 1.61. The van der Waals surface area contributed by atoms with Crippen LogP contribution in [0.25, 0.3) is 5.69 Å². The summed E-state index contributed by atoms with van der Waals surface area (Å²) in [6.45, 7) is -0.331. The number of aliphatic carboxylic acids is 1. The fraction of sp³-hybridized carbons (Fsp3) is 0.286. The average molecular weight is 321 g/mol. The van der Waals surface area contributed by atoms with E-state index in [0.29, 0.717) is 10.7 Å². The molecule has 0 spiro atoms. The van der Waals surface area contributed by atoms with Gasteiger partial charge in [0.25, 0.3) is 5.91 Å². The highest BCUT2D eigenvalue weighted by molar-refractivity contribution is 6.32. The number of aromatic nitrogens is 3. The zero-order valence-electron chi connectivity index (χ0n) is 11.5. The molecule has 3 rings (SSSR count). The molecule has 1 saturated carbocycles. The van der Waals surface area contributed by atoms with Crippen molar-refractivity contribution in [2.24, 2.45) is 0 Å². The molecule has 1 amide bonds. The van der Waals surface area contributed by atoms with E-state index >= 15 is 0 Å². The molecule has 0 aliphatic heterocycles.